The zero-order valence-corrected chi connectivity index (χ0v) is 14.4. The SMILES string of the molecule is CCC(=O)Nc1ccc(SCCN(C(C)C)C(C)C)nn1. The van der Waals surface area contributed by atoms with E-state index in [9.17, 15) is 4.79 Å². The van der Waals surface area contributed by atoms with Gasteiger partial charge < -0.3 is 5.32 Å². The Morgan fingerprint density at radius 1 is 1.24 bits per heavy atom. The highest BCUT2D eigenvalue weighted by atomic mass is 32.2. The lowest BCUT2D eigenvalue weighted by Crippen LogP contribution is -2.38. The number of carbonyl (C=O) groups is 1. The van der Waals surface area contributed by atoms with Crippen molar-refractivity contribution < 1.29 is 4.79 Å². The van der Waals surface area contributed by atoms with Crippen molar-refractivity contribution in [3.63, 3.8) is 0 Å². The molecule has 0 aliphatic carbocycles. The molecule has 1 heterocycles. The quantitative estimate of drug-likeness (QED) is 0.748. The Kier molecular flexibility index (Phi) is 7.67. The fourth-order valence-corrected chi connectivity index (χ4v) is 2.84. The molecule has 0 unspecified atom stereocenters. The predicted molar refractivity (Wildman–Crippen MR) is 88.7 cm³/mol. The molecule has 0 saturated carbocycles. The van der Waals surface area contributed by atoms with Gasteiger partial charge in [-0.3, -0.25) is 9.69 Å². The topological polar surface area (TPSA) is 58.1 Å². The van der Waals surface area contributed by atoms with Crippen LogP contribution in [-0.2, 0) is 4.79 Å². The molecular formula is C15H26N4OS. The molecule has 0 saturated heterocycles. The molecule has 21 heavy (non-hydrogen) atoms. The highest BCUT2D eigenvalue weighted by Gasteiger charge is 2.12. The first-order chi connectivity index (χ1) is 9.93. The van der Waals surface area contributed by atoms with Crippen molar-refractivity contribution in [3.05, 3.63) is 12.1 Å². The number of anilines is 1. The second-order valence-corrected chi connectivity index (χ2v) is 6.55. The Bertz CT molecular complexity index is 426. The molecule has 6 heteroatoms. The fraction of sp³-hybridized carbons (Fsp3) is 0.667. The van der Waals surface area contributed by atoms with Crippen LogP contribution in [0.2, 0.25) is 0 Å². The first-order valence-corrected chi connectivity index (χ1v) is 8.44. The Balaban J connectivity index is 2.44. The van der Waals surface area contributed by atoms with Crippen molar-refractivity contribution in [2.24, 2.45) is 0 Å². The van der Waals surface area contributed by atoms with E-state index in [1.54, 1.807) is 17.8 Å². The summed E-state index contributed by atoms with van der Waals surface area (Å²) in [4.78, 5) is 13.7. The molecule has 5 nitrogen and oxygen atoms in total. The molecule has 1 N–H and O–H groups in total. The zero-order chi connectivity index (χ0) is 15.8. The highest BCUT2D eigenvalue weighted by molar-refractivity contribution is 7.99. The van der Waals surface area contributed by atoms with Gasteiger partial charge in [-0.25, -0.2) is 0 Å². The average Bonchev–Trinajstić information content (AvgIpc) is 2.44. The van der Waals surface area contributed by atoms with Crippen molar-refractivity contribution in [2.45, 2.75) is 58.1 Å². The van der Waals surface area contributed by atoms with Crippen LogP contribution in [0.15, 0.2) is 17.2 Å². The number of thioether (sulfide) groups is 1. The van der Waals surface area contributed by atoms with E-state index in [-0.39, 0.29) is 5.91 Å². The van der Waals surface area contributed by atoms with Gasteiger partial charge >= 0.3 is 0 Å². The van der Waals surface area contributed by atoms with Gasteiger partial charge in [0.05, 0.1) is 0 Å². The summed E-state index contributed by atoms with van der Waals surface area (Å²) in [6.45, 7) is 11.7. The first kappa shape index (κ1) is 17.9. The third-order valence-electron chi connectivity index (χ3n) is 3.15. The van der Waals surface area contributed by atoms with Gasteiger partial charge in [0, 0.05) is 30.8 Å². The molecule has 1 rings (SSSR count). The molecule has 0 spiro atoms. The van der Waals surface area contributed by atoms with Crippen LogP contribution >= 0.6 is 11.8 Å². The van der Waals surface area contributed by atoms with Gasteiger partial charge in [-0.1, -0.05) is 6.92 Å². The minimum atomic E-state index is -0.0470. The van der Waals surface area contributed by atoms with Crippen LogP contribution in [0.1, 0.15) is 41.0 Å². The van der Waals surface area contributed by atoms with Crippen LogP contribution in [-0.4, -0.2) is 45.4 Å². The number of carbonyl (C=O) groups excluding carboxylic acids is 1. The van der Waals surface area contributed by atoms with Gasteiger partial charge in [0.15, 0.2) is 5.82 Å². The summed E-state index contributed by atoms with van der Waals surface area (Å²) in [6, 6.07) is 4.79. The predicted octanol–water partition coefficient (Wildman–Crippen LogP) is 3.04. The molecule has 1 aromatic heterocycles. The number of hydrogen-bond acceptors (Lipinski definition) is 5. The van der Waals surface area contributed by atoms with Crippen LogP contribution < -0.4 is 5.32 Å². The van der Waals surface area contributed by atoms with Crippen LogP contribution in [0.5, 0.6) is 0 Å². The Morgan fingerprint density at radius 3 is 2.38 bits per heavy atom. The second-order valence-electron chi connectivity index (χ2n) is 5.43. The maximum absolute atomic E-state index is 11.3. The second kappa shape index (κ2) is 9.00. The molecule has 0 bridgehead atoms. The standard InChI is InChI=1S/C15H26N4OS/c1-6-14(20)16-13-7-8-15(18-17-13)21-10-9-19(11(2)3)12(4)5/h7-8,11-12H,6,9-10H2,1-5H3,(H,16,17,20). The molecule has 0 aliphatic rings. The smallest absolute Gasteiger partial charge is 0.225 e. The number of nitrogens with one attached hydrogen (secondary N) is 1. The molecular weight excluding hydrogens is 284 g/mol. The van der Waals surface area contributed by atoms with E-state index < -0.39 is 0 Å². The van der Waals surface area contributed by atoms with Crippen molar-refractivity contribution in [2.75, 3.05) is 17.6 Å². The van der Waals surface area contributed by atoms with Crippen molar-refractivity contribution >= 4 is 23.5 Å². The van der Waals surface area contributed by atoms with Gasteiger partial charge in [0.1, 0.15) is 5.03 Å². The summed E-state index contributed by atoms with van der Waals surface area (Å²) in [5, 5.41) is 11.7. The van der Waals surface area contributed by atoms with E-state index in [1.165, 1.54) is 0 Å². The highest BCUT2D eigenvalue weighted by Crippen LogP contribution is 2.17. The lowest BCUT2D eigenvalue weighted by Gasteiger charge is -2.30. The van der Waals surface area contributed by atoms with Crippen molar-refractivity contribution in [1.29, 1.82) is 0 Å². The minimum absolute atomic E-state index is 0.0470. The minimum Gasteiger partial charge on any atom is -0.309 e. The lowest BCUT2D eigenvalue weighted by atomic mass is 10.2. The van der Waals surface area contributed by atoms with E-state index in [2.05, 4.69) is 48.1 Å². The number of nitrogens with zero attached hydrogens (tertiary/aromatic N) is 3. The van der Waals surface area contributed by atoms with E-state index in [1.807, 2.05) is 13.0 Å². The van der Waals surface area contributed by atoms with Crippen LogP contribution in [0.3, 0.4) is 0 Å². The van der Waals surface area contributed by atoms with Crippen LogP contribution in [0.4, 0.5) is 5.82 Å². The van der Waals surface area contributed by atoms with E-state index >= 15 is 0 Å². The normalized spacial score (nSPS) is 11.4. The molecule has 0 aromatic carbocycles. The van der Waals surface area contributed by atoms with E-state index in [0.29, 0.717) is 24.3 Å². The third-order valence-corrected chi connectivity index (χ3v) is 4.05. The van der Waals surface area contributed by atoms with E-state index in [4.69, 9.17) is 0 Å². The third kappa shape index (κ3) is 6.44. The Labute approximate surface area is 131 Å². The number of amides is 1. The summed E-state index contributed by atoms with van der Waals surface area (Å²) in [5.41, 5.74) is 0. The zero-order valence-electron chi connectivity index (χ0n) is 13.6. The Morgan fingerprint density at radius 2 is 1.90 bits per heavy atom. The summed E-state index contributed by atoms with van der Waals surface area (Å²) < 4.78 is 0. The molecule has 0 atom stereocenters. The maximum Gasteiger partial charge on any atom is 0.225 e. The molecule has 0 aliphatic heterocycles. The fourth-order valence-electron chi connectivity index (χ4n) is 2.06. The molecule has 118 valence electrons. The summed E-state index contributed by atoms with van der Waals surface area (Å²) in [5.74, 6) is 1.44. The number of aromatic nitrogens is 2. The van der Waals surface area contributed by atoms with Crippen molar-refractivity contribution in [1.82, 2.24) is 15.1 Å². The molecule has 1 amide bonds. The molecule has 0 fully saturated rings. The van der Waals surface area contributed by atoms with Crippen LogP contribution in [0.25, 0.3) is 0 Å². The van der Waals surface area contributed by atoms with Gasteiger partial charge in [-0.15, -0.1) is 22.0 Å². The maximum atomic E-state index is 11.3. The van der Waals surface area contributed by atoms with Gasteiger partial charge in [-0.05, 0) is 39.8 Å². The number of hydrogen-bond donors (Lipinski definition) is 1. The first-order valence-electron chi connectivity index (χ1n) is 7.46. The van der Waals surface area contributed by atoms with Crippen LogP contribution in [0, 0.1) is 0 Å². The van der Waals surface area contributed by atoms with Gasteiger partial charge in [-0.2, -0.15) is 0 Å². The summed E-state index contributed by atoms with van der Waals surface area (Å²) in [6.07, 6.45) is 0.443. The lowest BCUT2D eigenvalue weighted by molar-refractivity contribution is -0.115. The molecule has 1 aromatic rings. The van der Waals surface area contributed by atoms with Crippen molar-refractivity contribution in [3.8, 4) is 0 Å². The summed E-state index contributed by atoms with van der Waals surface area (Å²) in [7, 11) is 0. The van der Waals surface area contributed by atoms with E-state index in [0.717, 1.165) is 17.3 Å². The largest absolute Gasteiger partial charge is 0.309 e. The van der Waals surface area contributed by atoms with Gasteiger partial charge in [0.2, 0.25) is 5.91 Å². The molecule has 0 radical (unpaired) electrons. The monoisotopic (exact) mass is 310 g/mol. The number of rotatable bonds is 8. The van der Waals surface area contributed by atoms with Gasteiger partial charge in [0.25, 0.3) is 0 Å². The Hall–Kier alpha value is -1.14. The average molecular weight is 310 g/mol. The summed E-state index contributed by atoms with van der Waals surface area (Å²) >= 11 is 1.69.